The Hall–Kier alpha value is -3.15. The number of aromatic nitrogens is 2. The van der Waals surface area contributed by atoms with Gasteiger partial charge in [0.15, 0.2) is 0 Å². The first-order chi connectivity index (χ1) is 14.1. The third-order valence-electron chi connectivity index (χ3n) is 5.25. The molecule has 1 aromatic heterocycles. The van der Waals surface area contributed by atoms with Gasteiger partial charge >= 0.3 is 0 Å². The van der Waals surface area contributed by atoms with Gasteiger partial charge in [-0.25, -0.2) is 8.78 Å². The number of likely N-dealkylation sites (tertiary alicyclic amines) is 1. The SMILES string of the molecule is O=C(Cc1ccc(F)cc1)N1CCC[C@H](c2nccnc2-c2cccc(F)c2)C1. The Labute approximate surface area is 168 Å². The molecule has 3 aromatic rings. The van der Waals surface area contributed by atoms with Crippen LogP contribution >= 0.6 is 0 Å². The van der Waals surface area contributed by atoms with Crippen molar-refractivity contribution < 1.29 is 13.6 Å². The molecular weight excluding hydrogens is 372 g/mol. The lowest BCUT2D eigenvalue weighted by Gasteiger charge is -2.33. The monoisotopic (exact) mass is 393 g/mol. The number of amides is 1. The smallest absolute Gasteiger partial charge is 0.227 e. The van der Waals surface area contributed by atoms with E-state index in [1.165, 1.54) is 24.3 Å². The van der Waals surface area contributed by atoms with E-state index in [1.54, 1.807) is 30.6 Å². The van der Waals surface area contributed by atoms with Crippen LogP contribution < -0.4 is 0 Å². The van der Waals surface area contributed by atoms with E-state index in [0.717, 1.165) is 24.1 Å². The molecule has 0 bridgehead atoms. The van der Waals surface area contributed by atoms with Gasteiger partial charge in [-0.15, -0.1) is 0 Å². The summed E-state index contributed by atoms with van der Waals surface area (Å²) in [4.78, 5) is 23.6. The van der Waals surface area contributed by atoms with Crippen molar-refractivity contribution in [1.82, 2.24) is 14.9 Å². The first-order valence-corrected chi connectivity index (χ1v) is 9.69. The standard InChI is InChI=1S/C23H21F2N3O/c24-19-8-6-16(7-9-19)13-21(29)28-12-2-4-18(15-28)23-22(26-10-11-27-23)17-3-1-5-20(25)14-17/h1,3,5-11,14,18H,2,4,12-13,15H2/t18-/m0/s1. The number of nitrogens with zero attached hydrogens (tertiary/aromatic N) is 3. The Bertz CT molecular complexity index is 1010. The summed E-state index contributed by atoms with van der Waals surface area (Å²) >= 11 is 0. The highest BCUT2D eigenvalue weighted by Gasteiger charge is 2.28. The number of hydrogen-bond donors (Lipinski definition) is 0. The lowest BCUT2D eigenvalue weighted by atomic mass is 9.91. The van der Waals surface area contributed by atoms with Gasteiger partial charge in [0.25, 0.3) is 0 Å². The summed E-state index contributed by atoms with van der Waals surface area (Å²) in [5, 5.41) is 0. The van der Waals surface area contributed by atoms with E-state index in [4.69, 9.17) is 0 Å². The first-order valence-electron chi connectivity index (χ1n) is 9.69. The highest BCUT2D eigenvalue weighted by molar-refractivity contribution is 5.79. The van der Waals surface area contributed by atoms with Crippen molar-refractivity contribution in [2.75, 3.05) is 13.1 Å². The fourth-order valence-electron chi connectivity index (χ4n) is 3.82. The van der Waals surface area contributed by atoms with Crippen LogP contribution in [0.4, 0.5) is 8.78 Å². The Morgan fingerprint density at radius 1 is 1.03 bits per heavy atom. The second kappa shape index (κ2) is 8.47. The Morgan fingerprint density at radius 2 is 1.83 bits per heavy atom. The van der Waals surface area contributed by atoms with Gasteiger partial charge in [-0.1, -0.05) is 24.3 Å². The molecule has 4 rings (SSSR count). The molecule has 0 aliphatic carbocycles. The maximum absolute atomic E-state index is 13.7. The highest BCUT2D eigenvalue weighted by Crippen LogP contribution is 2.32. The van der Waals surface area contributed by atoms with Crippen molar-refractivity contribution in [1.29, 1.82) is 0 Å². The lowest BCUT2D eigenvalue weighted by molar-refractivity contribution is -0.131. The van der Waals surface area contributed by atoms with Crippen LogP contribution in [0.25, 0.3) is 11.3 Å². The average Bonchev–Trinajstić information content (AvgIpc) is 2.75. The molecule has 0 unspecified atom stereocenters. The predicted molar refractivity (Wildman–Crippen MR) is 106 cm³/mol. The molecule has 0 N–H and O–H groups in total. The summed E-state index contributed by atoms with van der Waals surface area (Å²) in [6.45, 7) is 1.23. The van der Waals surface area contributed by atoms with Crippen molar-refractivity contribution in [2.45, 2.75) is 25.2 Å². The molecule has 1 aliphatic heterocycles. The van der Waals surface area contributed by atoms with Crippen LogP contribution in [0.2, 0.25) is 0 Å². The molecule has 1 amide bonds. The zero-order valence-electron chi connectivity index (χ0n) is 15.9. The van der Waals surface area contributed by atoms with E-state index in [1.807, 2.05) is 11.0 Å². The summed E-state index contributed by atoms with van der Waals surface area (Å²) < 4.78 is 26.8. The largest absolute Gasteiger partial charge is 0.342 e. The number of carbonyl (C=O) groups excluding carboxylic acids is 1. The van der Waals surface area contributed by atoms with Crippen LogP contribution in [0.5, 0.6) is 0 Å². The minimum absolute atomic E-state index is 0.0116. The van der Waals surface area contributed by atoms with E-state index >= 15 is 0 Å². The molecule has 1 atom stereocenters. The minimum atomic E-state index is -0.321. The fourth-order valence-corrected chi connectivity index (χ4v) is 3.82. The van der Waals surface area contributed by atoms with Crippen molar-refractivity contribution in [2.24, 2.45) is 0 Å². The number of halogens is 2. The number of rotatable bonds is 4. The molecule has 1 aliphatic rings. The Kier molecular flexibility index (Phi) is 5.60. The summed E-state index contributed by atoms with van der Waals surface area (Å²) in [7, 11) is 0. The predicted octanol–water partition coefficient (Wildman–Crippen LogP) is 4.37. The van der Waals surface area contributed by atoms with Crippen molar-refractivity contribution in [3.63, 3.8) is 0 Å². The molecular formula is C23H21F2N3O. The zero-order chi connectivity index (χ0) is 20.2. The molecule has 4 nitrogen and oxygen atoms in total. The van der Waals surface area contributed by atoms with Crippen molar-refractivity contribution >= 4 is 5.91 Å². The molecule has 1 saturated heterocycles. The molecule has 29 heavy (non-hydrogen) atoms. The average molecular weight is 393 g/mol. The van der Waals surface area contributed by atoms with Gasteiger partial charge in [-0.2, -0.15) is 0 Å². The van der Waals surface area contributed by atoms with E-state index in [2.05, 4.69) is 9.97 Å². The fraction of sp³-hybridized carbons (Fsp3) is 0.261. The van der Waals surface area contributed by atoms with Gasteiger partial charge in [0.05, 0.1) is 17.8 Å². The van der Waals surface area contributed by atoms with Crippen LogP contribution in [-0.4, -0.2) is 33.9 Å². The third-order valence-corrected chi connectivity index (χ3v) is 5.25. The highest BCUT2D eigenvalue weighted by atomic mass is 19.1. The summed E-state index contributed by atoms with van der Waals surface area (Å²) in [6.07, 6.45) is 5.23. The van der Waals surface area contributed by atoms with E-state index in [-0.39, 0.29) is 29.9 Å². The second-order valence-corrected chi connectivity index (χ2v) is 7.28. The van der Waals surface area contributed by atoms with Gasteiger partial charge in [-0.05, 0) is 42.7 Å². The van der Waals surface area contributed by atoms with Gasteiger partial charge in [0.2, 0.25) is 5.91 Å². The Balaban J connectivity index is 1.53. The van der Waals surface area contributed by atoms with Crippen LogP contribution in [-0.2, 0) is 11.2 Å². The number of hydrogen-bond acceptors (Lipinski definition) is 3. The van der Waals surface area contributed by atoms with Gasteiger partial charge in [0.1, 0.15) is 11.6 Å². The maximum atomic E-state index is 13.7. The summed E-state index contributed by atoms with van der Waals surface area (Å²) in [6, 6.07) is 12.3. The summed E-state index contributed by atoms with van der Waals surface area (Å²) in [5.41, 5.74) is 2.92. The van der Waals surface area contributed by atoms with Crippen LogP contribution in [0.1, 0.15) is 30.0 Å². The number of piperidine rings is 1. The van der Waals surface area contributed by atoms with Crippen molar-refractivity contribution in [3.05, 3.63) is 83.8 Å². The number of benzene rings is 2. The molecule has 2 aromatic carbocycles. The molecule has 1 fully saturated rings. The molecule has 0 spiro atoms. The van der Waals surface area contributed by atoms with E-state index < -0.39 is 0 Å². The van der Waals surface area contributed by atoms with Crippen molar-refractivity contribution in [3.8, 4) is 11.3 Å². The van der Waals surface area contributed by atoms with Crippen LogP contribution in [0.3, 0.4) is 0 Å². The second-order valence-electron chi connectivity index (χ2n) is 7.28. The van der Waals surface area contributed by atoms with Gasteiger partial charge in [-0.3, -0.25) is 14.8 Å². The Morgan fingerprint density at radius 3 is 2.62 bits per heavy atom. The first kappa shape index (κ1) is 19.2. The molecule has 6 heteroatoms. The van der Waals surface area contributed by atoms with Crippen LogP contribution in [0.15, 0.2) is 60.9 Å². The quantitative estimate of drug-likeness (QED) is 0.661. The molecule has 148 valence electrons. The minimum Gasteiger partial charge on any atom is -0.342 e. The molecule has 0 radical (unpaired) electrons. The van der Waals surface area contributed by atoms with E-state index in [0.29, 0.717) is 24.3 Å². The number of carbonyl (C=O) groups is 1. The molecule has 2 heterocycles. The normalized spacial score (nSPS) is 16.6. The topological polar surface area (TPSA) is 46.1 Å². The third kappa shape index (κ3) is 4.47. The molecule has 0 saturated carbocycles. The van der Waals surface area contributed by atoms with E-state index in [9.17, 15) is 13.6 Å². The zero-order valence-corrected chi connectivity index (χ0v) is 15.9. The lowest BCUT2D eigenvalue weighted by Crippen LogP contribution is -2.40. The maximum Gasteiger partial charge on any atom is 0.227 e. The summed E-state index contributed by atoms with van der Waals surface area (Å²) in [5.74, 6) is -0.587. The van der Waals surface area contributed by atoms with Gasteiger partial charge in [0, 0.05) is 37.0 Å². The van der Waals surface area contributed by atoms with Crippen LogP contribution in [0, 0.1) is 11.6 Å². The van der Waals surface area contributed by atoms with Gasteiger partial charge < -0.3 is 4.90 Å².